The lowest BCUT2D eigenvalue weighted by Crippen LogP contribution is -2.39. The topological polar surface area (TPSA) is 40.6 Å². The van der Waals surface area contributed by atoms with Gasteiger partial charge in [0.05, 0.1) is 0 Å². The Kier molecular flexibility index (Phi) is 3.28. The molecular formula is C9H16N2O2. The number of carbonyl (C=O) groups excluding carboxylic acids is 2. The zero-order chi connectivity index (χ0) is 9.84. The van der Waals surface area contributed by atoms with Gasteiger partial charge in [0.2, 0.25) is 12.3 Å². The quantitative estimate of drug-likeness (QED) is 0.583. The first kappa shape index (κ1) is 10.0. The van der Waals surface area contributed by atoms with Crippen molar-refractivity contribution in [3.63, 3.8) is 0 Å². The second-order valence-corrected chi connectivity index (χ2v) is 3.54. The van der Waals surface area contributed by atoms with Crippen LogP contribution < -0.4 is 0 Å². The van der Waals surface area contributed by atoms with Crippen LogP contribution in [0.15, 0.2) is 0 Å². The standard InChI is InChI=1S/C9H16N2O2/c1-8(13)10(2)6-9-4-3-5-11(9)7-12/h7,9H,3-6H2,1-2H3/t9-/m0/s1. The van der Waals surface area contributed by atoms with Gasteiger partial charge in [0.25, 0.3) is 0 Å². The monoisotopic (exact) mass is 184 g/mol. The summed E-state index contributed by atoms with van der Waals surface area (Å²) in [6.45, 7) is 3.04. The largest absolute Gasteiger partial charge is 0.344 e. The van der Waals surface area contributed by atoms with Crippen LogP contribution >= 0.6 is 0 Å². The lowest BCUT2D eigenvalue weighted by molar-refractivity contribution is -0.129. The minimum atomic E-state index is 0.0535. The van der Waals surface area contributed by atoms with Gasteiger partial charge in [0, 0.05) is 33.1 Å². The highest BCUT2D eigenvalue weighted by molar-refractivity contribution is 5.72. The smallest absolute Gasteiger partial charge is 0.219 e. The molecule has 74 valence electrons. The maximum atomic E-state index is 10.9. The molecule has 2 amide bonds. The van der Waals surface area contributed by atoms with Crippen LogP contribution in [-0.4, -0.2) is 48.3 Å². The van der Waals surface area contributed by atoms with Crippen molar-refractivity contribution in [3.05, 3.63) is 0 Å². The summed E-state index contributed by atoms with van der Waals surface area (Å²) in [4.78, 5) is 25.0. The second-order valence-electron chi connectivity index (χ2n) is 3.54. The third kappa shape index (κ3) is 2.44. The van der Waals surface area contributed by atoms with Gasteiger partial charge in [-0.15, -0.1) is 0 Å². The molecule has 13 heavy (non-hydrogen) atoms. The van der Waals surface area contributed by atoms with E-state index in [0.717, 1.165) is 25.8 Å². The van der Waals surface area contributed by atoms with Crippen molar-refractivity contribution in [2.75, 3.05) is 20.1 Å². The fourth-order valence-electron chi connectivity index (χ4n) is 1.64. The minimum Gasteiger partial charge on any atom is -0.344 e. The van der Waals surface area contributed by atoms with Crippen LogP contribution in [-0.2, 0) is 9.59 Å². The van der Waals surface area contributed by atoms with Crippen molar-refractivity contribution in [2.45, 2.75) is 25.8 Å². The van der Waals surface area contributed by atoms with Crippen molar-refractivity contribution in [2.24, 2.45) is 0 Å². The Labute approximate surface area is 78.5 Å². The van der Waals surface area contributed by atoms with Gasteiger partial charge in [-0.3, -0.25) is 9.59 Å². The highest BCUT2D eigenvalue weighted by atomic mass is 16.2. The highest BCUT2D eigenvalue weighted by Crippen LogP contribution is 2.15. The fourth-order valence-corrected chi connectivity index (χ4v) is 1.64. The molecule has 0 saturated carbocycles. The van der Waals surface area contributed by atoms with Crippen molar-refractivity contribution < 1.29 is 9.59 Å². The Morgan fingerprint density at radius 3 is 2.92 bits per heavy atom. The van der Waals surface area contributed by atoms with E-state index in [1.807, 2.05) is 0 Å². The highest BCUT2D eigenvalue weighted by Gasteiger charge is 2.24. The van der Waals surface area contributed by atoms with Crippen LogP contribution in [0.1, 0.15) is 19.8 Å². The molecule has 4 nitrogen and oxygen atoms in total. The molecule has 0 aromatic heterocycles. The average molecular weight is 184 g/mol. The summed E-state index contributed by atoms with van der Waals surface area (Å²) in [5.41, 5.74) is 0. The van der Waals surface area contributed by atoms with Crippen LogP contribution in [0.5, 0.6) is 0 Å². The van der Waals surface area contributed by atoms with Crippen molar-refractivity contribution in [1.82, 2.24) is 9.80 Å². The van der Waals surface area contributed by atoms with E-state index in [0.29, 0.717) is 6.54 Å². The van der Waals surface area contributed by atoms with E-state index in [2.05, 4.69) is 0 Å². The first-order chi connectivity index (χ1) is 6.15. The van der Waals surface area contributed by atoms with Crippen LogP contribution in [0.3, 0.4) is 0 Å². The minimum absolute atomic E-state index is 0.0535. The number of hydrogen-bond donors (Lipinski definition) is 0. The molecule has 0 N–H and O–H groups in total. The Bertz CT molecular complexity index is 206. The Balaban J connectivity index is 2.43. The first-order valence-corrected chi connectivity index (χ1v) is 4.58. The summed E-state index contributed by atoms with van der Waals surface area (Å²) in [7, 11) is 1.77. The Hall–Kier alpha value is -1.06. The van der Waals surface area contributed by atoms with E-state index in [4.69, 9.17) is 0 Å². The van der Waals surface area contributed by atoms with Crippen molar-refractivity contribution in [3.8, 4) is 0 Å². The number of nitrogens with zero attached hydrogens (tertiary/aromatic N) is 2. The van der Waals surface area contributed by atoms with E-state index in [1.54, 1.807) is 23.8 Å². The summed E-state index contributed by atoms with van der Waals surface area (Å²) in [6.07, 6.45) is 2.94. The fraction of sp³-hybridized carbons (Fsp3) is 0.778. The third-order valence-electron chi connectivity index (χ3n) is 2.58. The van der Waals surface area contributed by atoms with E-state index in [-0.39, 0.29) is 11.9 Å². The maximum Gasteiger partial charge on any atom is 0.219 e. The van der Waals surface area contributed by atoms with E-state index >= 15 is 0 Å². The van der Waals surface area contributed by atoms with Gasteiger partial charge >= 0.3 is 0 Å². The van der Waals surface area contributed by atoms with Gasteiger partial charge in [-0.05, 0) is 12.8 Å². The number of rotatable bonds is 3. The lowest BCUT2D eigenvalue weighted by atomic mass is 10.2. The van der Waals surface area contributed by atoms with E-state index < -0.39 is 0 Å². The molecule has 0 bridgehead atoms. The molecule has 1 atom stereocenters. The second kappa shape index (κ2) is 4.25. The average Bonchev–Trinajstić information content (AvgIpc) is 2.51. The van der Waals surface area contributed by atoms with E-state index in [1.165, 1.54) is 0 Å². The number of amides is 2. The molecule has 0 radical (unpaired) electrons. The maximum absolute atomic E-state index is 10.9. The molecule has 0 aromatic rings. The molecule has 1 saturated heterocycles. The number of likely N-dealkylation sites (N-methyl/N-ethyl adjacent to an activating group) is 1. The normalized spacial score (nSPS) is 21.7. The van der Waals surface area contributed by atoms with Crippen LogP contribution in [0.4, 0.5) is 0 Å². The zero-order valence-electron chi connectivity index (χ0n) is 8.19. The summed E-state index contributed by atoms with van der Waals surface area (Å²) in [5, 5.41) is 0. The summed E-state index contributed by atoms with van der Waals surface area (Å²) < 4.78 is 0. The van der Waals surface area contributed by atoms with Gasteiger partial charge in [-0.1, -0.05) is 0 Å². The predicted molar refractivity (Wildman–Crippen MR) is 49.1 cm³/mol. The summed E-state index contributed by atoms with van der Waals surface area (Å²) >= 11 is 0. The number of hydrogen-bond acceptors (Lipinski definition) is 2. The van der Waals surface area contributed by atoms with Crippen LogP contribution in [0.2, 0.25) is 0 Å². The molecule has 1 rings (SSSR count). The number of likely N-dealkylation sites (tertiary alicyclic amines) is 1. The van der Waals surface area contributed by atoms with Gasteiger partial charge < -0.3 is 9.80 Å². The van der Waals surface area contributed by atoms with Gasteiger partial charge in [-0.2, -0.15) is 0 Å². The molecule has 0 aromatic carbocycles. The van der Waals surface area contributed by atoms with Gasteiger partial charge in [0.15, 0.2) is 0 Å². The van der Waals surface area contributed by atoms with Crippen LogP contribution in [0, 0.1) is 0 Å². The summed E-state index contributed by atoms with van der Waals surface area (Å²) in [6, 6.07) is 0.228. The lowest BCUT2D eigenvalue weighted by Gasteiger charge is -2.25. The molecule has 0 spiro atoms. The molecule has 1 fully saturated rings. The Morgan fingerprint density at radius 1 is 1.69 bits per heavy atom. The molecule has 1 aliphatic rings. The molecule has 0 aliphatic carbocycles. The SMILES string of the molecule is CC(=O)N(C)C[C@@H]1CCCN1C=O. The summed E-state index contributed by atoms with van der Waals surface area (Å²) in [5.74, 6) is 0.0535. The molecule has 4 heteroatoms. The molecule has 1 heterocycles. The molecule has 1 aliphatic heterocycles. The molecule has 0 unspecified atom stereocenters. The number of carbonyl (C=O) groups is 2. The van der Waals surface area contributed by atoms with Gasteiger partial charge in [0.1, 0.15) is 0 Å². The third-order valence-corrected chi connectivity index (χ3v) is 2.58. The van der Waals surface area contributed by atoms with Crippen molar-refractivity contribution >= 4 is 12.3 Å². The zero-order valence-corrected chi connectivity index (χ0v) is 8.19. The van der Waals surface area contributed by atoms with Gasteiger partial charge in [-0.25, -0.2) is 0 Å². The predicted octanol–water partition coefficient (Wildman–Crippen LogP) is 0.0855. The first-order valence-electron chi connectivity index (χ1n) is 4.58. The van der Waals surface area contributed by atoms with Crippen molar-refractivity contribution in [1.29, 1.82) is 0 Å². The van der Waals surface area contributed by atoms with E-state index in [9.17, 15) is 9.59 Å². The van der Waals surface area contributed by atoms with Crippen LogP contribution in [0.25, 0.3) is 0 Å². The molecular weight excluding hydrogens is 168 g/mol. The Morgan fingerprint density at radius 2 is 2.38 bits per heavy atom.